The maximum Gasteiger partial charge on any atom is 0.224 e. The van der Waals surface area contributed by atoms with E-state index < -0.39 is 0 Å². The molecule has 42 heavy (non-hydrogen) atoms. The topological polar surface area (TPSA) is 126 Å². The fraction of sp³-hybridized carbons (Fsp3) is 0.364. The highest BCUT2D eigenvalue weighted by Crippen LogP contribution is 2.35. The van der Waals surface area contributed by atoms with Crippen LogP contribution in [0.15, 0.2) is 66.7 Å². The Labute approximate surface area is 245 Å². The van der Waals surface area contributed by atoms with Gasteiger partial charge in [0.15, 0.2) is 11.5 Å². The largest absolute Gasteiger partial charge is 0.486 e. The Hall–Kier alpha value is -4.37. The van der Waals surface area contributed by atoms with Gasteiger partial charge in [-0.25, -0.2) is 4.98 Å². The summed E-state index contributed by atoms with van der Waals surface area (Å²) < 4.78 is 13.4. The Bertz CT molecular complexity index is 1580. The van der Waals surface area contributed by atoms with Crippen LogP contribution in [0.5, 0.6) is 11.5 Å². The van der Waals surface area contributed by atoms with Crippen molar-refractivity contribution in [3.8, 4) is 22.6 Å². The summed E-state index contributed by atoms with van der Waals surface area (Å²) in [5, 5.41) is 0. The smallest absolute Gasteiger partial charge is 0.224 e. The van der Waals surface area contributed by atoms with Gasteiger partial charge in [-0.1, -0.05) is 42.5 Å². The van der Waals surface area contributed by atoms with Crippen molar-refractivity contribution >= 4 is 22.8 Å². The maximum absolute atomic E-state index is 13.3. The fourth-order valence-electron chi connectivity index (χ4n) is 6.06. The predicted octanol–water partition coefficient (Wildman–Crippen LogP) is 4.02. The van der Waals surface area contributed by atoms with Crippen molar-refractivity contribution in [2.45, 2.75) is 50.6 Å². The highest BCUT2D eigenvalue weighted by atomic mass is 16.6. The van der Waals surface area contributed by atoms with E-state index in [4.69, 9.17) is 25.9 Å². The molecule has 0 aliphatic carbocycles. The molecule has 2 atom stereocenters. The second-order valence-electron chi connectivity index (χ2n) is 11.2. The summed E-state index contributed by atoms with van der Waals surface area (Å²) in [5.41, 5.74) is 17.1. The molecule has 2 amide bonds. The van der Waals surface area contributed by atoms with E-state index in [2.05, 4.69) is 28.8 Å². The second kappa shape index (κ2) is 12.2. The van der Waals surface area contributed by atoms with E-state index in [0.29, 0.717) is 39.3 Å². The first-order valence-electron chi connectivity index (χ1n) is 14.7. The molecule has 9 nitrogen and oxygen atoms in total. The van der Waals surface area contributed by atoms with Gasteiger partial charge in [-0.2, -0.15) is 0 Å². The van der Waals surface area contributed by atoms with Crippen LogP contribution in [0.25, 0.3) is 22.2 Å². The van der Waals surface area contributed by atoms with Gasteiger partial charge < -0.3 is 30.4 Å². The van der Waals surface area contributed by atoms with Crippen LogP contribution in [0.2, 0.25) is 0 Å². The molecule has 2 aliphatic heterocycles. The van der Waals surface area contributed by atoms with Gasteiger partial charge in [-0.15, -0.1) is 0 Å². The normalized spacial score (nSPS) is 17.3. The maximum atomic E-state index is 13.3. The van der Waals surface area contributed by atoms with Gasteiger partial charge in [-0.05, 0) is 60.2 Å². The number of imidazole rings is 1. The van der Waals surface area contributed by atoms with E-state index in [0.717, 1.165) is 57.9 Å². The van der Waals surface area contributed by atoms with Crippen molar-refractivity contribution in [3.63, 3.8) is 0 Å². The Kier molecular flexibility index (Phi) is 8.10. The number of ether oxygens (including phenoxy) is 2. The average molecular weight is 568 g/mol. The summed E-state index contributed by atoms with van der Waals surface area (Å²) in [6, 6.07) is 21.9. The number of rotatable bonds is 9. The molecule has 0 radical (unpaired) electrons. The first-order chi connectivity index (χ1) is 20.4. The first-order valence-corrected chi connectivity index (χ1v) is 14.7. The van der Waals surface area contributed by atoms with Crippen LogP contribution >= 0.6 is 0 Å². The molecule has 2 aliphatic rings. The van der Waals surface area contributed by atoms with Crippen molar-refractivity contribution in [2.75, 3.05) is 26.3 Å². The highest BCUT2D eigenvalue weighted by Gasteiger charge is 2.29. The van der Waals surface area contributed by atoms with E-state index in [1.807, 2.05) is 47.4 Å². The molecular formula is C33H37N5O4. The van der Waals surface area contributed by atoms with Crippen molar-refractivity contribution in [3.05, 3.63) is 78.1 Å². The van der Waals surface area contributed by atoms with Crippen LogP contribution in [0.3, 0.4) is 0 Å². The lowest BCUT2D eigenvalue weighted by Crippen LogP contribution is -2.42. The molecule has 218 valence electrons. The fourth-order valence-corrected chi connectivity index (χ4v) is 6.06. The van der Waals surface area contributed by atoms with E-state index in [9.17, 15) is 9.59 Å². The molecular weight excluding hydrogens is 530 g/mol. The number of nitrogens with zero attached hydrogens (tertiary/aromatic N) is 3. The number of hydrogen-bond acceptors (Lipinski definition) is 6. The number of aryl methyl sites for hydroxylation is 1. The molecule has 4 aromatic rings. The minimum atomic E-state index is -0.342. The molecule has 6 rings (SSSR count). The Balaban J connectivity index is 1.08. The molecule has 0 bridgehead atoms. The number of likely N-dealkylation sites (tertiary alicyclic amines) is 1. The lowest BCUT2D eigenvalue weighted by molar-refractivity contribution is -0.132. The number of benzene rings is 3. The number of aromatic nitrogens is 2. The van der Waals surface area contributed by atoms with Gasteiger partial charge in [0.1, 0.15) is 19.0 Å². The van der Waals surface area contributed by atoms with Crippen molar-refractivity contribution < 1.29 is 19.1 Å². The molecule has 0 unspecified atom stereocenters. The number of primary amides is 1. The molecule has 4 N–H and O–H groups in total. The lowest BCUT2D eigenvalue weighted by Gasteiger charge is -2.33. The van der Waals surface area contributed by atoms with E-state index in [1.54, 1.807) is 0 Å². The van der Waals surface area contributed by atoms with Gasteiger partial charge >= 0.3 is 0 Å². The zero-order valence-corrected chi connectivity index (χ0v) is 23.7. The number of carbonyl (C=O) groups excluding carboxylic acids is 2. The Morgan fingerprint density at radius 1 is 0.976 bits per heavy atom. The first kappa shape index (κ1) is 27.8. The van der Waals surface area contributed by atoms with Gasteiger partial charge in [0.25, 0.3) is 0 Å². The quantitative estimate of drug-likeness (QED) is 0.315. The standard InChI is InChI=1S/C33H37N5O4/c34-26(18-22-7-9-23(10-8-22)24-11-12-29-30(19-24)42-17-16-41-29)20-32(40)37-14-3-4-25(21-37)33-36-27-5-1-2-6-28(27)38(33)15-13-31(35)39/h1-2,5-12,19,25-26H,3-4,13-18,20-21,34H2,(H2,35,39)/t25-,26-/m1/s1. The predicted molar refractivity (Wildman–Crippen MR) is 161 cm³/mol. The summed E-state index contributed by atoms with van der Waals surface area (Å²) in [7, 11) is 0. The molecule has 1 aromatic heterocycles. The third-order valence-electron chi connectivity index (χ3n) is 8.17. The third-order valence-corrected chi connectivity index (χ3v) is 8.17. The number of fused-ring (bicyclic) bond motifs is 2. The molecule has 0 spiro atoms. The number of carbonyl (C=O) groups is 2. The summed E-state index contributed by atoms with van der Waals surface area (Å²) in [5.74, 6) is 2.28. The van der Waals surface area contributed by atoms with Crippen LogP contribution in [0.4, 0.5) is 0 Å². The monoisotopic (exact) mass is 567 g/mol. The molecule has 1 fully saturated rings. The number of piperidine rings is 1. The van der Waals surface area contributed by atoms with Gasteiger partial charge in [0.2, 0.25) is 11.8 Å². The SMILES string of the molecule is NC(=O)CCn1c([C@@H]2CCCN(C(=O)C[C@H](N)Cc3ccc(-c4ccc5c(c4)OCCO5)cc3)C2)nc2ccccc21. The number of hydrogen-bond donors (Lipinski definition) is 2. The molecule has 3 aromatic carbocycles. The van der Waals surface area contributed by atoms with Crippen LogP contribution in [-0.4, -0.2) is 58.6 Å². The van der Waals surface area contributed by atoms with E-state index >= 15 is 0 Å². The zero-order chi connectivity index (χ0) is 29.1. The average Bonchev–Trinajstić information content (AvgIpc) is 3.39. The minimum absolute atomic E-state index is 0.0693. The van der Waals surface area contributed by atoms with E-state index in [1.165, 1.54) is 0 Å². The van der Waals surface area contributed by atoms with Crippen molar-refractivity contribution in [1.82, 2.24) is 14.5 Å². The molecule has 0 saturated carbocycles. The van der Waals surface area contributed by atoms with Gasteiger partial charge in [-0.3, -0.25) is 9.59 Å². The number of amides is 2. The van der Waals surface area contributed by atoms with Gasteiger partial charge in [0.05, 0.1) is 11.0 Å². The van der Waals surface area contributed by atoms with Crippen LogP contribution in [0, 0.1) is 0 Å². The summed E-state index contributed by atoms with van der Waals surface area (Å²) in [4.78, 5) is 31.7. The van der Waals surface area contributed by atoms with Crippen molar-refractivity contribution in [2.24, 2.45) is 11.5 Å². The lowest BCUT2D eigenvalue weighted by atomic mass is 9.95. The number of nitrogens with two attached hydrogens (primary N) is 2. The summed E-state index contributed by atoms with van der Waals surface area (Å²) in [6.45, 7) is 2.92. The third kappa shape index (κ3) is 6.11. The molecule has 3 heterocycles. The summed E-state index contributed by atoms with van der Waals surface area (Å²) in [6.07, 6.45) is 2.98. The highest BCUT2D eigenvalue weighted by molar-refractivity contribution is 5.78. The molecule has 1 saturated heterocycles. The van der Waals surface area contributed by atoms with Crippen LogP contribution in [0.1, 0.15) is 43.0 Å². The second-order valence-corrected chi connectivity index (χ2v) is 11.2. The Morgan fingerprint density at radius 2 is 1.74 bits per heavy atom. The van der Waals surface area contributed by atoms with Crippen LogP contribution < -0.4 is 20.9 Å². The van der Waals surface area contributed by atoms with Gasteiger partial charge in [0, 0.05) is 44.4 Å². The Morgan fingerprint density at radius 3 is 2.55 bits per heavy atom. The van der Waals surface area contributed by atoms with Crippen LogP contribution in [-0.2, 0) is 22.6 Å². The van der Waals surface area contributed by atoms with E-state index in [-0.39, 0.29) is 36.6 Å². The number of para-hydroxylation sites is 2. The summed E-state index contributed by atoms with van der Waals surface area (Å²) >= 11 is 0. The van der Waals surface area contributed by atoms with Crippen molar-refractivity contribution in [1.29, 1.82) is 0 Å². The minimum Gasteiger partial charge on any atom is -0.486 e. The zero-order valence-electron chi connectivity index (χ0n) is 23.7. The molecule has 9 heteroatoms.